The van der Waals surface area contributed by atoms with Crippen molar-refractivity contribution in [2.75, 3.05) is 13.1 Å². The normalized spacial score (nSPS) is 15.7. The molecule has 4 heteroatoms. The summed E-state index contributed by atoms with van der Waals surface area (Å²) < 4.78 is 0. The lowest BCUT2D eigenvalue weighted by molar-refractivity contribution is 0.0791. The van der Waals surface area contributed by atoms with Gasteiger partial charge in [0, 0.05) is 13.1 Å². The Bertz CT molecular complexity index is 383. The van der Waals surface area contributed by atoms with E-state index < -0.39 is 0 Å². The molecular formula is C11H15N3O. The Kier molecular flexibility index (Phi) is 2.66. The molecule has 0 radical (unpaired) electrons. The van der Waals surface area contributed by atoms with E-state index in [0.29, 0.717) is 5.56 Å². The van der Waals surface area contributed by atoms with E-state index in [1.54, 1.807) is 0 Å². The molecule has 0 aliphatic carbocycles. The van der Waals surface area contributed by atoms with Gasteiger partial charge in [0.1, 0.15) is 0 Å². The number of likely N-dealkylation sites (tertiary alicyclic amines) is 1. The molecule has 0 saturated carbocycles. The van der Waals surface area contributed by atoms with Crippen molar-refractivity contribution in [3.8, 4) is 0 Å². The largest absolute Gasteiger partial charge is 0.339 e. The Hall–Kier alpha value is -1.45. The van der Waals surface area contributed by atoms with Crippen LogP contribution in [0.2, 0.25) is 0 Å². The van der Waals surface area contributed by atoms with Gasteiger partial charge in [-0.2, -0.15) is 10.2 Å². The first-order valence-corrected chi connectivity index (χ1v) is 5.28. The third kappa shape index (κ3) is 1.98. The van der Waals surface area contributed by atoms with Crippen molar-refractivity contribution in [2.45, 2.75) is 26.7 Å². The van der Waals surface area contributed by atoms with Crippen LogP contribution in [0.5, 0.6) is 0 Å². The van der Waals surface area contributed by atoms with Crippen LogP contribution < -0.4 is 0 Å². The minimum Gasteiger partial charge on any atom is -0.339 e. The molecule has 0 aromatic carbocycles. The molecule has 0 N–H and O–H groups in total. The number of hydrogen-bond acceptors (Lipinski definition) is 3. The number of hydrogen-bond donors (Lipinski definition) is 0. The molecule has 2 heterocycles. The van der Waals surface area contributed by atoms with Gasteiger partial charge in [-0.3, -0.25) is 4.79 Å². The van der Waals surface area contributed by atoms with Crippen LogP contribution in [-0.4, -0.2) is 34.1 Å². The lowest BCUT2D eigenvalue weighted by Crippen LogP contribution is -2.28. The minimum absolute atomic E-state index is 0.100. The van der Waals surface area contributed by atoms with Crippen molar-refractivity contribution in [1.82, 2.24) is 15.1 Å². The maximum absolute atomic E-state index is 12.1. The van der Waals surface area contributed by atoms with Gasteiger partial charge in [0.25, 0.3) is 5.91 Å². The molecule has 1 aliphatic rings. The molecule has 0 unspecified atom stereocenters. The van der Waals surface area contributed by atoms with E-state index in [1.807, 2.05) is 24.8 Å². The van der Waals surface area contributed by atoms with Crippen LogP contribution in [0.3, 0.4) is 0 Å². The number of rotatable bonds is 1. The van der Waals surface area contributed by atoms with Crippen LogP contribution in [0.25, 0.3) is 0 Å². The van der Waals surface area contributed by atoms with Gasteiger partial charge in [-0.25, -0.2) is 0 Å². The minimum atomic E-state index is 0.100. The van der Waals surface area contributed by atoms with Gasteiger partial charge in [0.15, 0.2) is 0 Å². The summed E-state index contributed by atoms with van der Waals surface area (Å²) in [5.74, 6) is 0.100. The van der Waals surface area contributed by atoms with E-state index in [4.69, 9.17) is 0 Å². The first-order chi connectivity index (χ1) is 7.18. The van der Waals surface area contributed by atoms with Crippen LogP contribution in [-0.2, 0) is 0 Å². The van der Waals surface area contributed by atoms with E-state index in [1.165, 1.54) is 0 Å². The molecule has 1 amide bonds. The molecule has 2 rings (SSSR count). The second kappa shape index (κ2) is 3.96. The monoisotopic (exact) mass is 205 g/mol. The summed E-state index contributed by atoms with van der Waals surface area (Å²) in [6.45, 7) is 5.43. The summed E-state index contributed by atoms with van der Waals surface area (Å²) >= 11 is 0. The molecule has 1 saturated heterocycles. The zero-order valence-corrected chi connectivity index (χ0v) is 9.16. The molecular weight excluding hydrogens is 190 g/mol. The van der Waals surface area contributed by atoms with Gasteiger partial charge in [0.2, 0.25) is 0 Å². The first-order valence-electron chi connectivity index (χ1n) is 5.28. The van der Waals surface area contributed by atoms with E-state index in [-0.39, 0.29) is 5.91 Å². The van der Waals surface area contributed by atoms with Crippen molar-refractivity contribution in [2.24, 2.45) is 0 Å². The standard InChI is InChI=1S/C11H15N3O/c1-8-7-10(9(2)13-12-8)11(15)14-5-3-4-6-14/h7H,3-6H2,1-2H3. The van der Waals surface area contributed by atoms with Crippen molar-refractivity contribution in [3.63, 3.8) is 0 Å². The fourth-order valence-electron chi connectivity index (χ4n) is 1.86. The van der Waals surface area contributed by atoms with Gasteiger partial charge in [-0.15, -0.1) is 0 Å². The average Bonchev–Trinajstić information content (AvgIpc) is 2.74. The third-order valence-corrected chi connectivity index (χ3v) is 2.72. The maximum Gasteiger partial charge on any atom is 0.255 e. The van der Waals surface area contributed by atoms with Gasteiger partial charge in [-0.05, 0) is 32.8 Å². The van der Waals surface area contributed by atoms with Gasteiger partial charge in [-0.1, -0.05) is 0 Å². The molecule has 1 aromatic heterocycles. The van der Waals surface area contributed by atoms with E-state index >= 15 is 0 Å². The Morgan fingerprint density at radius 1 is 1.27 bits per heavy atom. The zero-order chi connectivity index (χ0) is 10.8. The highest BCUT2D eigenvalue weighted by atomic mass is 16.2. The zero-order valence-electron chi connectivity index (χ0n) is 9.16. The molecule has 15 heavy (non-hydrogen) atoms. The smallest absolute Gasteiger partial charge is 0.255 e. The van der Waals surface area contributed by atoms with Crippen molar-refractivity contribution < 1.29 is 4.79 Å². The highest BCUT2D eigenvalue weighted by molar-refractivity contribution is 5.95. The van der Waals surface area contributed by atoms with Crippen molar-refractivity contribution in [1.29, 1.82) is 0 Å². The quantitative estimate of drug-likeness (QED) is 0.694. The van der Waals surface area contributed by atoms with Crippen molar-refractivity contribution >= 4 is 5.91 Å². The molecule has 1 aromatic rings. The predicted molar refractivity (Wildman–Crippen MR) is 56.6 cm³/mol. The van der Waals surface area contributed by atoms with Crippen LogP contribution in [0.1, 0.15) is 34.6 Å². The summed E-state index contributed by atoms with van der Waals surface area (Å²) in [5, 5.41) is 7.90. The number of nitrogens with zero attached hydrogens (tertiary/aromatic N) is 3. The highest BCUT2D eigenvalue weighted by Crippen LogP contribution is 2.14. The Labute approximate surface area is 89.3 Å². The maximum atomic E-state index is 12.1. The number of carbonyl (C=O) groups is 1. The summed E-state index contributed by atoms with van der Waals surface area (Å²) in [5.41, 5.74) is 2.21. The number of amides is 1. The van der Waals surface area contributed by atoms with Crippen LogP contribution >= 0.6 is 0 Å². The molecule has 4 nitrogen and oxygen atoms in total. The Morgan fingerprint density at radius 2 is 1.93 bits per heavy atom. The Morgan fingerprint density at radius 3 is 2.60 bits per heavy atom. The topological polar surface area (TPSA) is 46.1 Å². The lowest BCUT2D eigenvalue weighted by atomic mass is 10.2. The lowest BCUT2D eigenvalue weighted by Gasteiger charge is -2.16. The SMILES string of the molecule is Cc1cc(C(=O)N2CCCC2)c(C)nn1. The van der Waals surface area contributed by atoms with E-state index in [0.717, 1.165) is 37.3 Å². The van der Waals surface area contributed by atoms with E-state index in [9.17, 15) is 4.79 Å². The van der Waals surface area contributed by atoms with E-state index in [2.05, 4.69) is 10.2 Å². The van der Waals surface area contributed by atoms with Crippen LogP contribution in [0.15, 0.2) is 6.07 Å². The van der Waals surface area contributed by atoms with Gasteiger partial charge in [0.05, 0.1) is 17.0 Å². The molecule has 1 fully saturated rings. The second-order valence-electron chi connectivity index (χ2n) is 3.98. The second-order valence-corrected chi connectivity index (χ2v) is 3.98. The fourth-order valence-corrected chi connectivity index (χ4v) is 1.86. The Balaban J connectivity index is 2.27. The molecule has 0 atom stereocenters. The summed E-state index contributed by atoms with van der Waals surface area (Å²) in [4.78, 5) is 14.0. The van der Waals surface area contributed by atoms with Crippen LogP contribution in [0, 0.1) is 13.8 Å². The van der Waals surface area contributed by atoms with Gasteiger partial charge < -0.3 is 4.90 Å². The fraction of sp³-hybridized carbons (Fsp3) is 0.545. The summed E-state index contributed by atoms with van der Waals surface area (Å²) in [7, 11) is 0. The van der Waals surface area contributed by atoms with Crippen LogP contribution in [0.4, 0.5) is 0 Å². The number of aromatic nitrogens is 2. The summed E-state index contributed by atoms with van der Waals surface area (Å²) in [6.07, 6.45) is 2.23. The first kappa shape index (κ1) is 10.1. The summed E-state index contributed by atoms with van der Waals surface area (Å²) in [6, 6.07) is 1.82. The number of carbonyl (C=O) groups excluding carboxylic acids is 1. The number of aryl methyl sites for hydroxylation is 2. The molecule has 0 spiro atoms. The van der Waals surface area contributed by atoms with Crippen molar-refractivity contribution in [3.05, 3.63) is 23.0 Å². The predicted octanol–water partition coefficient (Wildman–Crippen LogP) is 1.33. The molecule has 0 bridgehead atoms. The molecule has 80 valence electrons. The third-order valence-electron chi connectivity index (χ3n) is 2.72. The highest BCUT2D eigenvalue weighted by Gasteiger charge is 2.21. The average molecular weight is 205 g/mol. The van der Waals surface area contributed by atoms with Gasteiger partial charge >= 0.3 is 0 Å². The molecule has 1 aliphatic heterocycles.